The van der Waals surface area contributed by atoms with Gasteiger partial charge in [0, 0.05) is 0 Å². The smallest absolute Gasteiger partial charge is 0.194 e. The van der Waals surface area contributed by atoms with E-state index in [-0.39, 0.29) is 0 Å². The maximum absolute atomic E-state index is 4.40. The third-order valence-electron chi connectivity index (χ3n) is 1.70. The van der Waals surface area contributed by atoms with E-state index in [1.54, 1.807) is 0 Å². The lowest BCUT2D eigenvalue weighted by Gasteiger charge is -2.31. The standard InChI is InChI=1S/C7H15N2S/c1-6-7(8-5-10-6)9(2,3)4/h5-7H,1-4H3/q+1. The van der Waals surface area contributed by atoms with Crippen molar-refractivity contribution in [3.05, 3.63) is 0 Å². The van der Waals surface area contributed by atoms with E-state index in [0.29, 0.717) is 11.4 Å². The van der Waals surface area contributed by atoms with Crippen LogP contribution in [-0.4, -0.2) is 42.6 Å². The molecule has 2 atom stereocenters. The third-order valence-corrected chi connectivity index (χ3v) is 2.62. The lowest BCUT2D eigenvalue weighted by molar-refractivity contribution is -0.894. The summed E-state index contributed by atoms with van der Waals surface area (Å²) < 4.78 is 0.935. The van der Waals surface area contributed by atoms with Crippen molar-refractivity contribution >= 4 is 17.3 Å². The number of hydrogen-bond donors (Lipinski definition) is 0. The van der Waals surface area contributed by atoms with Gasteiger partial charge in [0.15, 0.2) is 6.17 Å². The summed E-state index contributed by atoms with van der Waals surface area (Å²) in [6.07, 6.45) is 0.449. The maximum atomic E-state index is 4.40. The summed E-state index contributed by atoms with van der Waals surface area (Å²) in [7, 11) is 6.55. The highest BCUT2D eigenvalue weighted by atomic mass is 32.2. The number of hydrogen-bond acceptors (Lipinski definition) is 2. The zero-order valence-electron chi connectivity index (χ0n) is 7.03. The summed E-state index contributed by atoms with van der Waals surface area (Å²) in [5.41, 5.74) is 1.97. The van der Waals surface area contributed by atoms with Crippen LogP contribution < -0.4 is 0 Å². The monoisotopic (exact) mass is 159 g/mol. The van der Waals surface area contributed by atoms with E-state index in [1.165, 1.54) is 0 Å². The molecule has 0 aliphatic carbocycles. The van der Waals surface area contributed by atoms with Gasteiger partial charge in [-0.05, 0) is 6.92 Å². The van der Waals surface area contributed by atoms with Crippen LogP contribution in [0.25, 0.3) is 0 Å². The number of aliphatic imine (C=N–C) groups is 1. The van der Waals surface area contributed by atoms with Crippen LogP contribution in [0.1, 0.15) is 6.92 Å². The van der Waals surface area contributed by atoms with E-state index >= 15 is 0 Å². The molecule has 3 heteroatoms. The number of thioether (sulfide) groups is 1. The zero-order chi connectivity index (χ0) is 7.78. The normalized spacial score (nSPS) is 33.2. The van der Waals surface area contributed by atoms with E-state index in [0.717, 1.165) is 4.48 Å². The van der Waals surface area contributed by atoms with Gasteiger partial charge < -0.3 is 4.48 Å². The third kappa shape index (κ3) is 1.52. The second kappa shape index (κ2) is 2.55. The van der Waals surface area contributed by atoms with Gasteiger partial charge in [-0.3, -0.25) is 0 Å². The van der Waals surface area contributed by atoms with Crippen LogP contribution >= 0.6 is 11.8 Å². The Labute approximate surface area is 66.9 Å². The first kappa shape index (κ1) is 8.08. The molecule has 1 aliphatic heterocycles. The first-order valence-electron chi connectivity index (χ1n) is 3.50. The molecule has 0 saturated carbocycles. The lowest BCUT2D eigenvalue weighted by Crippen LogP contribution is -2.47. The molecular formula is C7H15N2S+. The highest BCUT2D eigenvalue weighted by Crippen LogP contribution is 2.25. The van der Waals surface area contributed by atoms with Crippen LogP contribution in [0, 0.1) is 0 Å². The molecule has 0 aromatic heterocycles. The Kier molecular flexibility index (Phi) is 2.06. The zero-order valence-corrected chi connectivity index (χ0v) is 7.85. The van der Waals surface area contributed by atoms with Gasteiger partial charge in [-0.15, -0.1) is 11.8 Å². The fourth-order valence-electron chi connectivity index (χ4n) is 1.21. The van der Waals surface area contributed by atoms with Gasteiger partial charge in [0.25, 0.3) is 0 Å². The van der Waals surface area contributed by atoms with Crippen LogP contribution in [0.3, 0.4) is 0 Å². The van der Waals surface area contributed by atoms with Crippen LogP contribution in [0.15, 0.2) is 4.99 Å². The number of nitrogens with zero attached hydrogens (tertiary/aromatic N) is 2. The molecule has 1 aliphatic rings. The van der Waals surface area contributed by atoms with Gasteiger partial charge in [-0.2, -0.15) is 0 Å². The molecule has 0 N–H and O–H groups in total. The van der Waals surface area contributed by atoms with Crippen molar-refractivity contribution < 1.29 is 4.48 Å². The van der Waals surface area contributed by atoms with E-state index in [9.17, 15) is 0 Å². The predicted molar refractivity (Wildman–Crippen MR) is 47.4 cm³/mol. The largest absolute Gasteiger partial charge is 0.309 e. The lowest BCUT2D eigenvalue weighted by atomic mass is 10.3. The highest BCUT2D eigenvalue weighted by Gasteiger charge is 2.31. The summed E-state index contributed by atoms with van der Waals surface area (Å²) in [6, 6.07) is 0. The average Bonchev–Trinajstić information content (AvgIpc) is 2.11. The van der Waals surface area contributed by atoms with Gasteiger partial charge in [0.05, 0.1) is 31.9 Å². The van der Waals surface area contributed by atoms with Crippen LogP contribution in [0.2, 0.25) is 0 Å². The van der Waals surface area contributed by atoms with Gasteiger partial charge >= 0.3 is 0 Å². The SMILES string of the molecule is CC1SC=NC1[N+](C)(C)C. The fraction of sp³-hybridized carbons (Fsp3) is 0.857. The van der Waals surface area contributed by atoms with Crippen molar-refractivity contribution in [3.63, 3.8) is 0 Å². The Morgan fingerprint density at radius 1 is 1.40 bits per heavy atom. The molecule has 2 unspecified atom stereocenters. The average molecular weight is 159 g/mol. The van der Waals surface area contributed by atoms with Crippen molar-refractivity contribution in [2.45, 2.75) is 18.3 Å². The van der Waals surface area contributed by atoms with Crippen LogP contribution in [-0.2, 0) is 0 Å². The predicted octanol–water partition coefficient (Wildman–Crippen LogP) is 1.18. The Morgan fingerprint density at radius 2 is 2.00 bits per heavy atom. The van der Waals surface area contributed by atoms with E-state index < -0.39 is 0 Å². The summed E-state index contributed by atoms with van der Waals surface area (Å²) >= 11 is 1.82. The molecule has 0 radical (unpaired) electrons. The van der Waals surface area contributed by atoms with E-state index in [2.05, 4.69) is 33.1 Å². The van der Waals surface area contributed by atoms with Gasteiger partial charge in [-0.1, -0.05) is 0 Å². The van der Waals surface area contributed by atoms with Crippen molar-refractivity contribution in [2.24, 2.45) is 4.99 Å². The summed E-state index contributed by atoms with van der Waals surface area (Å²) in [5.74, 6) is 0. The molecule has 0 bridgehead atoms. The second-order valence-electron chi connectivity index (χ2n) is 3.63. The highest BCUT2D eigenvalue weighted by molar-refractivity contribution is 8.12. The molecule has 58 valence electrons. The van der Waals surface area contributed by atoms with Gasteiger partial charge in [0.2, 0.25) is 0 Å². The first-order valence-corrected chi connectivity index (χ1v) is 4.44. The number of quaternary nitrogens is 1. The maximum Gasteiger partial charge on any atom is 0.194 e. The molecule has 0 aromatic rings. The van der Waals surface area contributed by atoms with Crippen molar-refractivity contribution in [1.82, 2.24) is 0 Å². The summed E-state index contributed by atoms with van der Waals surface area (Å²) in [5, 5.41) is 0.639. The summed E-state index contributed by atoms with van der Waals surface area (Å²) in [6.45, 7) is 2.23. The Hall–Kier alpha value is -0.0200. The topological polar surface area (TPSA) is 12.4 Å². The van der Waals surface area contributed by atoms with Gasteiger partial charge in [-0.25, -0.2) is 4.99 Å². The van der Waals surface area contributed by atoms with Crippen LogP contribution in [0.5, 0.6) is 0 Å². The van der Waals surface area contributed by atoms with E-state index in [1.807, 2.05) is 17.3 Å². The fourth-order valence-corrected chi connectivity index (χ4v) is 2.18. The molecule has 10 heavy (non-hydrogen) atoms. The molecule has 0 fully saturated rings. The Morgan fingerprint density at radius 3 is 2.20 bits per heavy atom. The minimum Gasteiger partial charge on any atom is -0.309 e. The second-order valence-corrected chi connectivity index (χ2v) is 4.85. The van der Waals surface area contributed by atoms with Crippen LogP contribution in [0.4, 0.5) is 0 Å². The molecular weight excluding hydrogens is 144 g/mol. The van der Waals surface area contributed by atoms with Crippen molar-refractivity contribution in [3.8, 4) is 0 Å². The Bertz CT molecular complexity index is 148. The molecule has 0 spiro atoms. The first-order chi connectivity index (χ1) is 4.52. The quantitative estimate of drug-likeness (QED) is 0.523. The molecule has 2 nitrogen and oxygen atoms in total. The number of rotatable bonds is 1. The van der Waals surface area contributed by atoms with Crippen molar-refractivity contribution in [1.29, 1.82) is 0 Å². The molecule has 1 heterocycles. The van der Waals surface area contributed by atoms with Crippen molar-refractivity contribution in [2.75, 3.05) is 21.1 Å². The van der Waals surface area contributed by atoms with Gasteiger partial charge in [0.1, 0.15) is 0 Å². The summed E-state index contributed by atoms with van der Waals surface area (Å²) in [4.78, 5) is 4.40. The molecule has 1 rings (SSSR count). The minimum atomic E-state index is 0.449. The minimum absolute atomic E-state index is 0.449. The van der Waals surface area contributed by atoms with E-state index in [4.69, 9.17) is 0 Å². The Balaban J connectivity index is 2.64. The molecule has 0 saturated heterocycles. The molecule has 0 amide bonds. The molecule has 0 aromatic carbocycles.